The first-order valence-corrected chi connectivity index (χ1v) is 23.2. The SMILES string of the molecule is CCCCCCCCCCCCCCCCCCCCCCCCCCCCC(=O)NC(COC1OC(CO)C(O)C(O)C1O)C(O)CCCCCCC. The Morgan fingerprint density at radius 3 is 1.31 bits per heavy atom. The van der Waals surface area contributed by atoms with E-state index in [9.17, 15) is 30.3 Å². The molecule has 0 aromatic carbocycles. The van der Waals surface area contributed by atoms with E-state index in [4.69, 9.17) is 9.47 Å². The van der Waals surface area contributed by atoms with Crippen molar-refractivity contribution in [3.63, 3.8) is 0 Å². The molecule has 1 heterocycles. The number of nitrogens with one attached hydrogen (secondary N) is 1. The molecule has 9 heteroatoms. The maximum Gasteiger partial charge on any atom is 0.220 e. The number of ether oxygens (including phenoxy) is 2. The van der Waals surface area contributed by atoms with E-state index in [0.717, 1.165) is 51.4 Å². The van der Waals surface area contributed by atoms with E-state index >= 15 is 0 Å². The Labute approximate surface area is 332 Å². The quantitative estimate of drug-likeness (QED) is 0.0339. The zero-order chi connectivity index (χ0) is 39.5. The molecule has 0 saturated carbocycles. The maximum atomic E-state index is 12.9. The summed E-state index contributed by atoms with van der Waals surface area (Å²) in [5, 5.41) is 53.8. The fraction of sp³-hybridized carbons (Fsp3) is 0.978. The first-order chi connectivity index (χ1) is 26.3. The molecule has 1 saturated heterocycles. The Morgan fingerprint density at radius 2 is 0.926 bits per heavy atom. The first-order valence-electron chi connectivity index (χ1n) is 23.2. The molecule has 1 rings (SSSR count). The van der Waals surface area contributed by atoms with Crippen molar-refractivity contribution < 1.29 is 39.8 Å². The van der Waals surface area contributed by atoms with Crippen molar-refractivity contribution in [3.05, 3.63) is 0 Å². The molecule has 322 valence electrons. The summed E-state index contributed by atoms with van der Waals surface area (Å²) >= 11 is 0. The number of amides is 1. The second-order valence-electron chi connectivity index (χ2n) is 16.6. The standard InChI is InChI=1S/C45H89NO8/c1-3-5-7-9-10-11-12-13-14-15-16-17-18-19-20-21-22-23-24-25-26-27-28-29-31-33-35-41(49)46-38(39(48)34-32-30-8-6-4-2)37-53-45-44(52)43(51)42(50)40(36-47)54-45/h38-40,42-45,47-48,50-52H,3-37H2,1-2H3,(H,46,49). The monoisotopic (exact) mass is 772 g/mol. The smallest absolute Gasteiger partial charge is 0.220 e. The molecule has 0 aromatic rings. The minimum Gasteiger partial charge on any atom is -0.394 e. The van der Waals surface area contributed by atoms with Gasteiger partial charge in [-0.2, -0.15) is 0 Å². The maximum absolute atomic E-state index is 12.9. The molecule has 0 aromatic heterocycles. The van der Waals surface area contributed by atoms with Gasteiger partial charge in [0, 0.05) is 6.42 Å². The van der Waals surface area contributed by atoms with Crippen LogP contribution in [0.15, 0.2) is 0 Å². The van der Waals surface area contributed by atoms with Gasteiger partial charge in [0.15, 0.2) is 6.29 Å². The summed E-state index contributed by atoms with van der Waals surface area (Å²) in [5.74, 6) is -0.146. The summed E-state index contributed by atoms with van der Waals surface area (Å²) < 4.78 is 11.2. The van der Waals surface area contributed by atoms with Crippen LogP contribution in [0.3, 0.4) is 0 Å². The Balaban J connectivity index is 2.07. The Morgan fingerprint density at radius 1 is 0.556 bits per heavy atom. The fourth-order valence-electron chi connectivity index (χ4n) is 7.69. The van der Waals surface area contributed by atoms with Gasteiger partial charge in [-0.3, -0.25) is 4.79 Å². The van der Waals surface area contributed by atoms with Gasteiger partial charge in [0.25, 0.3) is 0 Å². The lowest BCUT2D eigenvalue weighted by Gasteiger charge is -2.40. The molecule has 1 amide bonds. The van der Waals surface area contributed by atoms with Crippen LogP contribution in [0.25, 0.3) is 0 Å². The molecule has 6 N–H and O–H groups in total. The summed E-state index contributed by atoms with van der Waals surface area (Å²) in [6.07, 6.45) is 33.3. The fourth-order valence-corrected chi connectivity index (χ4v) is 7.69. The third-order valence-corrected chi connectivity index (χ3v) is 11.5. The lowest BCUT2D eigenvalue weighted by Crippen LogP contribution is -2.60. The van der Waals surface area contributed by atoms with Gasteiger partial charge in [-0.1, -0.05) is 206 Å². The minimum atomic E-state index is -1.55. The Hall–Kier alpha value is -0.810. The molecule has 54 heavy (non-hydrogen) atoms. The van der Waals surface area contributed by atoms with Gasteiger partial charge in [-0.05, 0) is 12.8 Å². The molecule has 1 aliphatic heterocycles. The van der Waals surface area contributed by atoms with Crippen LogP contribution in [-0.4, -0.2) is 87.5 Å². The lowest BCUT2D eigenvalue weighted by atomic mass is 9.99. The molecule has 7 unspecified atom stereocenters. The number of hydrogen-bond acceptors (Lipinski definition) is 8. The van der Waals surface area contributed by atoms with Crippen LogP contribution < -0.4 is 5.32 Å². The van der Waals surface area contributed by atoms with Crippen LogP contribution in [0.4, 0.5) is 0 Å². The normalized spacial score (nSPS) is 21.4. The minimum absolute atomic E-state index is 0.135. The zero-order valence-corrected chi connectivity index (χ0v) is 35.3. The topological polar surface area (TPSA) is 149 Å². The third-order valence-electron chi connectivity index (χ3n) is 11.5. The van der Waals surface area contributed by atoms with Crippen LogP contribution in [0.1, 0.15) is 226 Å². The van der Waals surface area contributed by atoms with Crippen molar-refractivity contribution in [2.75, 3.05) is 13.2 Å². The summed E-state index contributed by atoms with van der Waals surface area (Å²) in [7, 11) is 0. The number of unbranched alkanes of at least 4 members (excludes halogenated alkanes) is 29. The Bertz CT molecular complexity index is 817. The molecule has 0 spiro atoms. The van der Waals surface area contributed by atoms with Crippen molar-refractivity contribution in [1.82, 2.24) is 5.32 Å². The number of carbonyl (C=O) groups excluding carboxylic acids is 1. The van der Waals surface area contributed by atoms with E-state index in [1.807, 2.05) is 0 Å². The van der Waals surface area contributed by atoms with Gasteiger partial charge < -0.3 is 40.3 Å². The third kappa shape index (κ3) is 26.9. The zero-order valence-electron chi connectivity index (χ0n) is 35.3. The Kier molecular flexibility index (Phi) is 34.6. The van der Waals surface area contributed by atoms with Crippen LogP contribution in [0, 0.1) is 0 Å². The summed E-state index contributed by atoms with van der Waals surface area (Å²) in [5.41, 5.74) is 0. The summed E-state index contributed by atoms with van der Waals surface area (Å²) in [6, 6.07) is -0.708. The summed E-state index contributed by atoms with van der Waals surface area (Å²) in [4.78, 5) is 12.9. The van der Waals surface area contributed by atoms with Crippen LogP contribution in [0.2, 0.25) is 0 Å². The van der Waals surface area contributed by atoms with E-state index in [-0.39, 0.29) is 12.5 Å². The van der Waals surface area contributed by atoms with Crippen molar-refractivity contribution in [2.45, 2.75) is 269 Å². The number of rotatable bonds is 39. The molecular weight excluding hydrogens is 682 g/mol. The highest BCUT2D eigenvalue weighted by molar-refractivity contribution is 5.76. The average Bonchev–Trinajstić information content (AvgIpc) is 3.17. The molecule has 7 atom stereocenters. The van der Waals surface area contributed by atoms with Crippen LogP contribution in [-0.2, 0) is 14.3 Å². The lowest BCUT2D eigenvalue weighted by molar-refractivity contribution is -0.302. The second-order valence-corrected chi connectivity index (χ2v) is 16.6. The van der Waals surface area contributed by atoms with Crippen LogP contribution >= 0.6 is 0 Å². The highest BCUT2D eigenvalue weighted by Gasteiger charge is 2.44. The molecule has 1 fully saturated rings. The van der Waals surface area contributed by atoms with Gasteiger partial charge >= 0.3 is 0 Å². The predicted molar refractivity (Wildman–Crippen MR) is 221 cm³/mol. The average molecular weight is 772 g/mol. The molecular formula is C45H89NO8. The number of aliphatic hydroxyl groups is 5. The van der Waals surface area contributed by atoms with Crippen molar-refractivity contribution in [3.8, 4) is 0 Å². The number of carbonyl (C=O) groups is 1. The van der Waals surface area contributed by atoms with Gasteiger partial charge in [-0.25, -0.2) is 0 Å². The molecule has 0 bridgehead atoms. The van der Waals surface area contributed by atoms with Crippen molar-refractivity contribution >= 4 is 5.91 Å². The second kappa shape index (κ2) is 36.5. The highest BCUT2D eigenvalue weighted by Crippen LogP contribution is 2.23. The molecule has 0 radical (unpaired) electrons. The van der Waals surface area contributed by atoms with Crippen LogP contribution in [0.5, 0.6) is 0 Å². The van der Waals surface area contributed by atoms with E-state index in [1.54, 1.807) is 0 Å². The molecule has 9 nitrogen and oxygen atoms in total. The highest BCUT2D eigenvalue weighted by atomic mass is 16.7. The van der Waals surface area contributed by atoms with E-state index in [1.165, 1.54) is 148 Å². The molecule has 0 aliphatic carbocycles. The van der Waals surface area contributed by atoms with E-state index in [0.29, 0.717) is 12.8 Å². The van der Waals surface area contributed by atoms with E-state index < -0.39 is 49.5 Å². The van der Waals surface area contributed by atoms with E-state index in [2.05, 4.69) is 19.2 Å². The largest absolute Gasteiger partial charge is 0.394 e. The van der Waals surface area contributed by atoms with Gasteiger partial charge in [0.2, 0.25) is 5.91 Å². The van der Waals surface area contributed by atoms with Crippen molar-refractivity contribution in [1.29, 1.82) is 0 Å². The summed E-state index contributed by atoms with van der Waals surface area (Å²) in [6.45, 7) is 3.76. The predicted octanol–water partition coefficient (Wildman–Crippen LogP) is 9.56. The van der Waals surface area contributed by atoms with Gasteiger partial charge in [-0.15, -0.1) is 0 Å². The molecule has 1 aliphatic rings. The van der Waals surface area contributed by atoms with Gasteiger partial charge in [0.05, 0.1) is 25.4 Å². The number of aliphatic hydroxyl groups excluding tert-OH is 5. The van der Waals surface area contributed by atoms with Crippen molar-refractivity contribution in [2.24, 2.45) is 0 Å². The number of hydrogen-bond donors (Lipinski definition) is 6. The van der Waals surface area contributed by atoms with Gasteiger partial charge in [0.1, 0.15) is 24.4 Å². The first kappa shape index (κ1) is 51.2.